The number of anilines is 1. The third kappa shape index (κ3) is 3.26. The van der Waals surface area contributed by atoms with E-state index in [0.717, 1.165) is 32.1 Å². The van der Waals surface area contributed by atoms with E-state index in [0.29, 0.717) is 17.6 Å². The van der Waals surface area contributed by atoms with Gasteiger partial charge in [-0.25, -0.2) is 0 Å². The lowest BCUT2D eigenvalue weighted by atomic mass is 10.1. The largest absolute Gasteiger partial charge is 0.416 e. The van der Waals surface area contributed by atoms with Crippen molar-refractivity contribution in [2.45, 2.75) is 31.5 Å². The summed E-state index contributed by atoms with van der Waals surface area (Å²) in [6.45, 7) is 2.68. The Bertz CT molecular complexity index is 468. The zero-order valence-corrected chi connectivity index (χ0v) is 11.3. The van der Waals surface area contributed by atoms with Crippen molar-refractivity contribution in [3.63, 3.8) is 0 Å². The first kappa shape index (κ1) is 13.7. The highest BCUT2D eigenvalue weighted by Gasteiger charge is 2.32. The molecule has 1 aromatic rings. The van der Waals surface area contributed by atoms with Crippen LogP contribution in [0.3, 0.4) is 0 Å². The van der Waals surface area contributed by atoms with Gasteiger partial charge in [-0.2, -0.15) is 13.2 Å². The number of rotatable bonds is 4. The van der Waals surface area contributed by atoms with E-state index in [4.69, 9.17) is 0 Å². The first-order chi connectivity index (χ1) is 9.52. The Morgan fingerprint density at radius 2 is 2.00 bits per heavy atom. The molecule has 5 heteroatoms. The van der Waals surface area contributed by atoms with Crippen LogP contribution in [0.1, 0.15) is 24.8 Å². The van der Waals surface area contributed by atoms with Gasteiger partial charge < -0.3 is 10.2 Å². The van der Waals surface area contributed by atoms with E-state index >= 15 is 0 Å². The van der Waals surface area contributed by atoms with Gasteiger partial charge in [-0.05, 0) is 49.9 Å². The maximum atomic E-state index is 12.7. The molecule has 1 aromatic carbocycles. The molecule has 1 N–H and O–H groups in total. The second-order valence-electron chi connectivity index (χ2n) is 5.83. The third-order valence-electron chi connectivity index (χ3n) is 4.10. The van der Waals surface area contributed by atoms with Gasteiger partial charge in [0.2, 0.25) is 0 Å². The molecule has 1 saturated heterocycles. The lowest BCUT2D eigenvalue weighted by Gasteiger charge is -2.20. The van der Waals surface area contributed by atoms with Crippen LogP contribution in [0.4, 0.5) is 18.9 Å². The van der Waals surface area contributed by atoms with Crippen molar-refractivity contribution in [2.24, 2.45) is 5.92 Å². The second kappa shape index (κ2) is 5.28. The topological polar surface area (TPSA) is 15.3 Å². The number of alkyl halides is 3. The van der Waals surface area contributed by atoms with Crippen LogP contribution in [0.15, 0.2) is 24.3 Å². The highest BCUT2D eigenvalue weighted by Crippen LogP contribution is 2.33. The van der Waals surface area contributed by atoms with E-state index in [9.17, 15) is 13.2 Å². The molecular weight excluding hydrogens is 265 g/mol. The molecule has 3 rings (SSSR count). The minimum absolute atomic E-state index is 0.546. The lowest BCUT2D eigenvalue weighted by molar-refractivity contribution is -0.137. The summed E-state index contributed by atoms with van der Waals surface area (Å²) in [6, 6.07) is 6.35. The van der Waals surface area contributed by atoms with Gasteiger partial charge in [0, 0.05) is 24.8 Å². The maximum absolute atomic E-state index is 12.7. The van der Waals surface area contributed by atoms with Crippen molar-refractivity contribution in [3.05, 3.63) is 29.8 Å². The number of nitrogens with zero attached hydrogens (tertiary/aromatic N) is 1. The highest BCUT2D eigenvalue weighted by molar-refractivity contribution is 5.50. The monoisotopic (exact) mass is 284 g/mol. The van der Waals surface area contributed by atoms with Crippen molar-refractivity contribution >= 4 is 5.69 Å². The summed E-state index contributed by atoms with van der Waals surface area (Å²) in [7, 11) is 0. The van der Waals surface area contributed by atoms with Crippen LogP contribution in [-0.2, 0) is 6.18 Å². The molecule has 1 saturated carbocycles. The molecule has 2 aliphatic rings. The Kier molecular flexibility index (Phi) is 3.63. The number of nitrogens with one attached hydrogen (secondary N) is 1. The summed E-state index contributed by atoms with van der Waals surface area (Å²) in [6.07, 6.45) is -0.674. The summed E-state index contributed by atoms with van der Waals surface area (Å²) in [5.74, 6) is 0.546. The first-order valence-electron chi connectivity index (χ1n) is 7.18. The smallest absolute Gasteiger partial charge is 0.371 e. The Morgan fingerprint density at radius 1 is 1.20 bits per heavy atom. The molecule has 1 atom stereocenters. The Hall–Kier alpha value is -1.23. The van der Waals surface area contributed by atoms with Gasteiger partial charge in [0.25, 0.3) is 0 Å². The number of hydrogen-bond acceptors (Lipinski definition) is 2. The second-order valence-corrected chi connectivity index (χ2v) is 5.83. The van der Waals surface area contributed by atoms with Gasteiger partial charge in [0.1, 0.15) is 0 Å². The van der Waals surface area contributed by atoms with Gasteiger partial charge >= 0.3 is 6.18 Å². The maximum Gasteiger partial charge on any atom is 0.416 e. The molecule has 1 aliphatic heterocycles. The summed E-state index contributed by atoms with van der Waals surface area (Å²) in [4.78, 5) is 2.06. The molecule has 110 valence electrons. The standard InChI is InChI=1S/C15H19F3N2/c16-15(17,18)12-2-1-3-14(8-12)20-7-6-11(10-20)9-19-13-4-5-13/h1-3,8,11,13,19H,4-7,9-10H2. The highest BCUT2D eigenvalue weighted by atomic mass is 19.4. The predicted molar refractivity (Wildman–Crippen MR) is 72.8 cm³/mol. The van der Waals surface area contributed by atoms with Crippen molar-refractivity contribution in [1.29, 1.82) is 0 Å². The Labute approximate surface area is 117 Å². The fraction of sp³-hybridized carbons (Fsp3) is 0.600. The number of halogens is 3. The van der Waals surface area contributed by atoms with Crippen molar-refractivity contribution in [1.82, 2.24) is 5.32 Å². The van der Waals surface area contributed by atoms with Crippen molar-refractivity contribution in [2.75, 3.05) is 24.5 Å². The molecular formula is C15H19F3N2. The van der Waals surface area contributed by atoms with Crippen LogP contribution in [0.2, 0.25) is 0 Å². The molecule has 20 heavy (non-hydrogen) atoms. The van der Waals surface area contributed by atoms with Crippen molar-refractivity contribution in [3.8, 4) is 0 Å². The van der Waals surface area contributed by atoms with E-state index in [1.807, 2.05) is 0 Å². The van der Waals surface area contributed by atoms with E-state index in [1.54, 1.807) is 6.07 Å². The van der Waals surface area contributed by atoms with Crippen LogP contribution < -0.4 is 10.2 Å². The zero-order chi connectivity index (χ0) is 14.2. The van der Waals surface area contributed by atoms with Crippen LogP contribution in [-0.4, -0.2) is 25.7 Å². The van der Waals surface area contributed by atoms with E-state index in [1.165, 1.54) is 25.0 Å². The van der Waals surface area contributed by atoms with Gasteiger partial charge in [-0.3, -0.25) is 0 Å². The SMILES string of the molecule is FC(F)(F)c1cccc(N2CCC(CNC3CC3)C2)c1. The molecule has 1 heterocycles. The number of hydrogen-bond donors (Lipinski definition) is 1. The number of benzene rings is 1. The summed E-state index contributed by atoms with van der Waals surface area (Å²) < 4.78 is 38.2. The molecule has 0 amide bonds. The minimum Gasteiger partial charge on any atom is -0.371 e. The molecule has 0 spiro atoms. The summed E-state index contributed by atoms with van der Waals surface area (Å²) in [5, 5.41) is 3.50. The molecule has 0 aromatic heterocycles. The predicted octanol–water partition coefficient (Wildman–Crippen LogP) is 3.28. The Balaban J connectivity index is 1.61. The molecule has 0 radical (unpaired) electrons. The van der Waals surface area contributed by atoms with Crippen LogP contribution in [0.25, 0.3) is 0 Å². The minimum atomic E-state index is -4.26. The first-order valence-corrected chi connectivity index (χ1v) is 7.18. The zero-order valence-electron chi connectivity index (χ0n) is 11.3. The molecule has 2 nitrogen and oxygen atoms in total. The van der Waals surface area contributed by atoms with Gasteiger partial charge in [-0.1, -0.05) is 6.07 Å². The van der Waals surface area contributed by atoms with Gasteiger partial charge in [0.15, 0.2) is 0 Å². The average Bonchev–Trinajstić information content (AvgIpc) is 3.12. The van der Waals surface area contributed by atoms with E-state index < -0.39 is 11.7 Å². The normalized spacial score (nSPS) is 23.4. The lowest BCUT2D eigenvalue weighted by Crippen LogP contribution is -2.27. The van der Waals surface area contributed by atoms with Crippen molar-refractivity contribution < 1.29 is 13.2 Å². The van der Waals surface area contributed by atoms with E-state index in [-0.39, 0.29) is 0 Å². The van der Waals surface area contributed by atoms with Gasteiger partial charge in [0.05, 0.1) is 5.56 Å². The summed E-state index contributed by atoms with van der Waals surface area (Å²) in [5.41, 5.74) is 0.128. The molecule has 2 fully saturated rings. The molecule has 1 aliphatic carbocycles. The van der Waals surface area contributed by atoms with Gasteiger partial charge in [-0.15, -0.1) is 0 Å². The van der Waals surface area contributed by atoms with Crippen LogP contribution >= 0.6 is 0 Å². The Morgan fingerprint density at radius 3 is 2.70 bits per heavy atom. The van der Waals surface area contributed by atoms with Crippen LogP contribution in [0.5, 0.6) is 0 Å². The van der Waals surface area contributed by atoms with E-state index in [2.05, 4.69) is 10.2 Å². The molecule has 1 unspecified atom stereocenters. The fourth-order valence-electron chi connectivity index (χ4n) is 2.73. The third-order valence-corrected chi connectivity index (χ3v) is 4.10. The average molecular weight is 284 g/mol. The molecule has 0 bridgehead atoms. The summed E-state index contributed by atoms with van der Waals surface area (Å²) >= 11 is 0. The van der Waals surface area contributed by atoms with Crippen LogP contribution in [0, 0.1) is 5.92 Å². The quantitative estimate of drug-likeness (QED) is 0.912. The fourth-order valence-corrected chi connectivity index (χ4v) is 2.73.